The number of halogens is 1. The largest absolute Gasteiger partial charge is 0.497 e. The molecule has 2 heterocycles. The summed E-state index contributed by atoms with van der Waals surface area (Å²) in [5.41, 5.74) is 2.42. The maximum absolute atomic E-state index is 5.20. The first-order chi connectivity index (χ1) is 13.8. The number of rotatable bonds is 9. The molecule has 1 aromatic carbocycles. The Hall–Kier alpha value is -1.55. The minimum Gasteiger partial charge on any atom is -0.497 e. The number of guanidine groups is 1. The summed E-state index contributed by atoms with van der Waals surface area (Å²) < 4.78 is 5.20. The van der Waals surface area contributed by atoms with Gasteiger partial charge in [0, 0.05) is 44.5 Å². The van der Waals surface area contributed by atoms with Crippen molar-refractivity contribution in [1.29, 1.82) is 0 Å². The molecule has 0 amide bonds. The van der Waals surface area contributed by atoms with Gasteiger partial charge in [-0.05, 0) is 43.9 Å². The number of aromatic nitrogens is 1. The maximum atomic E-state index is 5.20. The van der Waals surface area contributed by atoms with Gasteiger partial charge in [0.05, 0.1) is 12.8 Å². The minimum atomic E-state index is 0. The molecule has 0 unspecified atom stereocenters. The lowest BCUT2D eigenvalue weighted by Gasteiger charge is -2.12. The molecule has 0 aliphatic carbocycles. The molecule has 2 aromatic rings. The SMILES string of the molecule is CCNC(=NCCc1csc(N2CCCC2)n1)NCCc1ccc(OC)cc1.I. The number of nitrogens with one attached hydrogen (secondary N) is 2. The van der Waals surface area contributed by atoms with Crippen molar-refractivity contribution in [3.05, 3.63) is 40.9 Å². The van der Waals surface area contributed by atoms with Crippen LogP contribution < -0.4 is 20.3 Å². The van der Waals surface area contributed by atoms with Crippen molar-refractivity contribution in [3.8, 4) is 5.75 Å². The van der Waals surface area contributed by atoms with Crippen molar-refractivity contribution in [2.75, 3.05) is 44.7 Å². The lowest BCUT2D eigenvalue weighted by molar-refractivity contribution is 0.414. The van der Waals surface area contributed by atoms with Crippen molar-refractivity contribution in [2.24, 2.45) is 4.99 Å². The van der Waals surface area contributed by atoms with Crippen molar-refractivity contribution < 1.29 is 4.74 Å². The van der Waals surface area contributed by atoms with Crippen molar-refractivity contribution in [1.82, 2.24) is 15.6 Å². The molecule has 1 fully saturated rings. The summed E-state index contributed by atoms with van der Waals surface area (Å²) in [6.45, 7) is 6.81. The van der Waals surface area contributed by atoms with Crippen molar-refractivity contribution >= 4 is 46.4 Å². The van der Waals surface area contributed by atoms with Crippen molar-refractivity contribution in [2.45, 2.75) is 32.6 Å². The first kappa shape index (κ1) is 23.7. The van der Waals surface area contributed by atoms with Gasteiger partial charge in [0.2, 0.25) is 0 Å². The van der Waals surface area contributed by atoms with Gasteiger partial charge in [-0.25, -0.2) is 4.98 Å². The third-order valence-corrected chi connectivity index (χ3v) is 5.71. The predicted molar refractivity (Wildman–Crippen MR) is 133 cm³/mol. The molecular formula is C21H32IN5OS. The summed E-state index contributed by atoms with van der Waals surface area (Å²) >= 11 is 1.76. The van der Waals surface area contributed by atoms with E-state index in [1.165, 1.54) is 23.5 Å². The number of hydrogen-bond donors (Lipinski definition) is 2. The summed E-state index contributed by atoms with van der Waals surface area (Å²) in [5.74, 6) is 1.76. The van der Waals surface area contributed by atoms with E-state index >= 15 is 0 Å². The maximum Gasteiger partial charge on any atom is 0.191 e. The van der Waals surface area contributed by atoms with E-state index in [9.17, 15) is 0 Å². The molecule has 1 aromatic heterocycles. The standard InChI is InChI=1S/C21H31N5OS.HI/c1-3-22-20(23-12-10-17-6-8-19(27-2)9-7-17)24-13-11-18-16-28-21(25-18)26-14-4-5-15-26;/h6-9,16H,3-5,10-15H2,1-2H3,(H2,22,23,24);1H. The molecule has 0 saturated carbocycles. The van der Waals surface area contributed by atoms with Crippen LogP contribution in [0.5, 0.6) is 5.75 Å². The minimum absolute atomic E-state index is 0. The summed E-state index contributed by atoms with van der Waals surface area (Å²) in [5, 5.41) is 10.1. The number of methoxy groups -OCH3 is 1. The van der Waals surface area contributed by atoms with Crippen LogP contribution in [-0.2, 0) is 12.8 Å². The normalized spacial score (nSPS) is 13.9. The number of thiazole rings is 1. The number of nitrogens with zero attached hydrogens (tertiary/aromatic N) is 3. The number of benzene rings is 1. The molecule has 8 heteroatoms. The number of ether oxygens (including phenoxy) is 1. The lowest BCUT2D eigenvalue weighted by atomic mass is 10.1. The molecule has 6 nitrogen and oxygen atoms in total. The third kappa shape index (κ3) is 7.65. The zero-order valence-electron chi connectivity index (χ0n) is 17.3. The predicted octanol–water partition coefficient (Wildman–Crippen LogP) is 3.71. The smallest absolute Gasteiger partial charge is 0.191 e. The van der Waals surface area contributed by atoms with Crippen LogP contribution in [0, 0.1) is 0 Å². The van der Waals surface area contributed by atoms with E-state index in [2.05, 4.69) is 40.0 Å². The van der Waals surface area contributed by atoms with E-state index in [0.29, 0.717) is 0 Å². The van der Waals surface area contributed by atoms with Crippen LogP contribution in [0.1, 0.15) is 31.0 Å². The summed E-state index contributed by atoms with van der Waals surface area (Å²) in [6, 6.07) is 8.20. The van der Waals surface area contributed by atoms with Crippen LogP contribution >= 0.6 is 35.3 Å². The zero-order chi connectivity index (χ0) is 19.6. The van der Waals surface area contributed by atoms with Gasteiger partial charge in [-0.15, -0.1) is 35.3 Å². The van der Waals surface area contributed by atoms with E-state index < -0.39 is 0 Å². The molecule has 160 valence electrons. The van der Waals surface area contributed by atoms with Gasteiger partial charge < -0.3 is 20.3 Å². The molecule has 29 heavy (non-hydrogen) atoms. The number of anilines is 1. The molecule has 1 saturated heterocycles. The van der Waals surface area contributed by atoms with E-state index in [0.717, 1.165) is 63.0 Å². The molecule has 0 radical (unpaired) electrons. The van der Waals surface area contributed by atoms with Gasteiger partial charge in [-0.3, -0.25) is 4.99 Å². The van der Waals surface area contributed by atoms with Crippen LogP contribution in [0.2, 0.25) is 0 Å². The lowest BCUT2D eigenvalue weighted by Crippen LogP contribution is -2.38. The fourth-order valence-electron chi connectivity index (χ4n) is 3.21. The van der Waals surface area contributed by atoms with Gasteiger partial charge in [0.1, 0.15) is 5.75 Å². The summed E-state index contributed by atoms with van der Waals surface area (Å²) in [4.78, 5) is 11.9. The molecule has 3 rings (SSSR count). The Morgan fingerprint density at radius 3 is 2.62 bits per heavy atom. The highest BCUT2D eigenvalue weighted by atomic mass is 127. The van der Waals surface area contributed by atoms with Gasteiger partial charge in [-0.2, -0.15) is 0 Å². The Labute approximate surface area is 195 Å². The molecule has 0 atom stereocenters. The molecule has 2 N–H and O–H groups in total. The first-order valence-corrected chi connectivity index (χ1v) is 11.0. The van der Waals surface area contributed by atoms with Crippen LogP contribution in [0.4, 0.5) is 5.13 Å². The Kier molecular flexibility index (Phi) is 10.5. The van der Waals surface area contributed by atoms with E-state index in [-0.39, 0.29) is 24.0 Å². The molecule has 0 bridgehead atoms. The highest BCUT2D eigenvalue weighted by Crippen LogP contribution is 2.24. The fraction of sp³-hybridized carbons (Fsp3) is 0.524. The van der Waals surface area contributed by atoms with E-state index in [4.69, 9.17) is 14.7 Å². The van der Waals surface area contributed by atoms with Gasteiger partial charge >= 0.3 is 0 Å². The Morgan fingerprint density at radius 1 is 1.17 bits per heavy atom. The molecule has 1 aliphatic rings. The van der Waals surface area contributed by atoms with Gasteiger partial charge in [-0.1, -0.05) is 12.1 Å². The van der Waals surface area contributed by atoms with Crippen LogP contribution in [0.15, 0.2) is 34.6 Å². The highest BCUT2D eigenvalue weighted by molar-refractivity contribution is 14.0. The zero-order valence-corrected chi connectivity index (χ0v) is 20.5. The quantitative estimate of drug-likeness (QED) is 0.295. The average molecular weight is 529 g/mol. The Morgan fingerprint density at radius 2 is 1.93 bits per heavy atom. The molecule has 1 aliphatic heterocycles. The van der Waals surface area contributed by atoms with Gasteiger partial charge in [0.25, 0.3) is 0 Å². The van der Waals surface area contributed by atoms with E-state index in [1.807, 2.05) is 12.1 Å². The summed E-state index contributed by atoms with van der Waals surface area (Å²) in [6.07, 6.45) is 4.39. The van der Waals surface area contributed by atoms with Crippen LogP contribution in [0.25, 0.3) is 0 Å². The monoisotopic (exact) mass is 529 g/mol. The summed E-state index contributed by atoms with van der Waals surface area (Å²) in [7, 11) is 1.69. The third-order valence-electron chi connectivity index (χ3n) is 4.76. The van der Waals surface area contributed by atoms with Crippen molar-refractivity contribution in [3.63, 3.8) is 0 Å². The number of hydrogen-bond acceptors (Lipinski definition) is 5. The second kappa shape index (κ2) is 12.9. The topological polar surface area (TPSA) is 61.8 Å². The molecule has 0 spiro atoms. The molecular weight excluding hydrogens is 497 g/mol. The Balaban J connectivity index is 0.00000300. The Bertz CT molecular complexity index is 744. The fourth-order valence-corrected chi connectivity index (χ4v) is 4.12. The highest BCUT2D eigenvalue weighted by Gasteiger charge is 2.15. The van der Waals surface area contributed by atoms with Gasteiger partial charge in [0.15, 0.2) is 11.1 Å². The van der Waals surface area contributed by atoms with Crippen LogP contribution in [-0.4, -0.2) is 50.8 Å². The second-order valence-electron chi connectivity index (χ2n) is 6.85. The number of aliphatic imine (C=N–C) groups is 1. The van der Waals surface area contributed by atoms with E-state index in [1.54, 1.807) is 18.4 Å². The first-order valence-electron chi connectivity index (χ1n) is 10.1. The second-order valence-corrected chi connectivity index (χ2v) is 7.69. The average Bonchev–Trinajstić information content (AvgIpc) is 3.40. The van der Waals surface area contributed by atoms with Crippen LogP contribution in [0.3, 0.4) is 0 Å².